The first-order valence-corrected chi connectivity index (χ1v) is 10.7. The molecule has 0 saturated carbocycles. The molecule has 1 aliphatic rings. The van der Waals surface area contributed by atoms with E-state index in [0.717, 1.165) is 21.6 Å². The molecule has 1 fully saturated rings. The Morgan fingerprint density at radius 3 is 2.52 bits per heavy atom. The SMILES string of the molecule is Cc1cccc(N2C(=O)NC(=O)/C(=C/c3cccc(OCc4cccc(Cl)c4)c3)C2=O)c1C. The van der Waals surface area contributed by atoms with Gasteiger partial charge in [-0.1, -0.05) is 48.0 Å². The highest BCUT2D eigenvalue weighted by molar-refractivity contribution is 6.39. The van der Waals surface area contributed by atoms with Gasteiger partial charge in [0.15, 0.2) is 0 Å². The van der Waals surface area contributed by atoms with Crippen LogP contribution in [0.5, 0.6) is 5.75 Å². The molecule has 1 heterocycles. The lowest BCUT2D eigenvalue weighted by Gasteiger charge is -2.28. The molecule has 1 saturated heterocycles. The molecular formula is C26H21ClN2O4. The van der Waals surface area contributed by atoms with Crippen molar-refractivity contribution < 1.29 is 19.1 Å². The lowest BCUT2D eigenvalue weighted by atomic mass is 10.0. The molecule has 33 heavy (non-hydrogen) atoms. The molecule has 1 N–H and O–H groups in total. The van der Waals surface area contributed by atoms with E-state index < -0.39 is 17.8 Å². The number of hydrogen-bond acceptors (Lipinski definition) is 4. The lowest BCUT2D eigenvalue weighted by molar-refractivity contribution is -0.122. The summed E-state index contributed by atoms with van der Waals surface area (Å²) in [6.07, 6.45) is 1.45. The molecule has 0 spiro atoms. The maximum atomic E-state index is 13.2. The second-order valence-electron chi connectivity index (χ2n) is 7.67. The number of nitrogens with one attached hydrogen (secondary N) is 1. The molecule has 0 radical (unpaired) electrons. The van der Waals surface area contributed by atoms with Crippen LogP contribution in [0, 0.1) is 13.8 Å². The topological polar surface area (TPSA) is 75.7 Å². The number of imide groups is 2. The van der Waals surface area contributed by atoms with Gasteiger partial charge in [0, 0.05) is 5.02 Å². The first-order valence-electron chi connectivity index (χ1n) is 10.3. The van der Waals surface area contributed by atoms with Crippen molar-refractivity contribution in [2.45, 2.75) is 20.5 Å². The summed E-state index contributed by atoms with van der Waals surface area (Å²) in [6, 6.07) is 18.9. The minimum atomic E-state index is -0.769. The lowest BCUT2D eigenvalue weighted by Crippen LogP contribution is -2.54. The molecule has 0 aliphatic carbocycles. The van der Waals surface area contributed by atoms with E-state index in [9.17, 15) is 14.4 Å². The van der Waals surface area contributed by atoms with Gasteiger partial charge in [0.05, 0.1) is 5.69 Å². The number of rotatable bonds is 5. The van der Waals surface area contributed by atoms with Gasteiger partial charge in [0.1, 0.15) is 17.9 Å². The molecule has 4 amide bonds. The molecule has 0 atom stereocenters. The van der Waals surface area contributed by atoms with E-state index >= 15 is 0 Å². The summed E-state index contributed by atoms with van der Waals surface area (Å²) in [7, 11) is 0. The Morgan fingerprint density at radius 2 is 1.73 bits per heavy atom. The molecule has 6 nitrogen and oxygen atoms in total. The molecule has 4 rings (SSSR count). The highest BCUT2D eigenvalue weighted by Gasteiger charge is 2.37. The van der Waals surface area contributed by atoms with Crippen molar-refractivity contribution in [2.24, 2.45) is 0 Å². The van der Waals surface area contributed by atoms with Gasteiger partial charge in [0.25, 0.3) is 11.8 Å². The molecule has 3 aromatic rings. The quantitative estimate of drug-likeness (QED) is 0.419. The smallest absolute Gasteiger partial charge is 0.335 e. The average Bonchev–Trinajstić information content (AvgIpc) is 2.78. The first-order chi connectivity index (χ1) is 15.8. The van der Waals surface area contributed by atoms with Gasteiger partial charge in [-0.15, -0.1) is 0 Å². The number of amides is 4. The van der Waals surface area contributed by atoms with Gasteiger partial charge in [0.2, 0.25) is 0 Å². The van der Waals surface area contributed by atoms with E-state index in [-0.39, 0.29) is 5.57 Å². The fourth-order valence-electron chi connectivity index (χ4n) is 3.51. The molecule has 166 valence electrons. The van der Waals surface area contributed by atoms with Crippen molar-refractivity contribution in [3.63, 3.8) is 0 Å². The maximum Gasteiger partial charge on any atom is 0.335 e. The summed E-state index contributed by atoms with van der Waals surface area (Å²) in [5.74, 6) is -0.852. The van der Waals surface area contributed by atoms with Crippen LogP contribution in [0.1, 0.15) is 22.3 Å². The van der Waals surface area contributed by atoms with Crippen LogP contribution in [0.4, 0.5) is 10.5 Å². The number of nitrogens with zero attached hydrogens (tertiary/aromatic N) is 1. The Labute approximate surface area is 196 Å². The average molecular weight is 461 g/mol. The van der Waals surface area contributed by atoms with Gasteiger partial charge < -0.3 is 4.74 Å². The van der Waals surface area contributed by atoms with E-state index in [0.29, 0.717) is 28.6 Å². The molecule has 3 aromatic carbocycles. The highest BCUT2D eigenvalue weighted by atomic mass is 35.5. The third kappa shape index (κ3) is 4.81. The normalized spacial score (nSPS) is 15.1. The zero-order valence-corrected chi connectivity index (χ0v) is 18.8. The summed E-state index contributed by atoms with van der Waals surface area (Å²) >= 11 is 6.01. The molecule has 0 unspecified atom stereocenters. The third-order valence-corrected chi connectivity index (χ3v) is 5.62. The third-order valence-electron chi connectivity index (χ3n) is 5.38. The number of carbonyl (C=O) groups excluding carboxylic acids is 3. The van der Waals surface area contributed by atoms with E-state index in [4.69, 9.17) is 16.3 Å². The number of carbonyl (C=O) groups is 3. The predicted molar refractivity (Wildman–Crippen MR) is 127 cm³/mol. The van der Waals surface area contributed by atoms with Crippen molar-refractivity contribution in [2.75, 3.05) is 4.90 Å². The van der Waals surface area contributed by atoms with Crippen LogP contribution in [0.2, 0.25) is 5.02 Å². The second kappa shape index (κ2) is 9.30. The van der Waals surface area contributed by atoms with Gasteiger partial charge in [-0.2, -0.15) is 0 Å². The Bertz CT molecular complexity index is 1300. The highest BCUT2D eigenvalue weighted by Crippen LogP contribution is 2.27. The second-order valence-corrected chi connectivity index (χ2v) is 8.10. The molecule has 0 aromatic heterocycles. The number of ether oxygens (including phenoxy) is 1. The van der Waals surface area contributed by atoms with Crippen molar-refractivity contribution >= 4 is 41.2 Å². The van der Waals surface area contributed by atoms with Crippen LogP contribution >= 0.6 is 11.6 Å². The van der Waals surface area contributed by atoms with Crippen LogP contribution in [0.3, 0.4) is 0 Å². The predicted octanol–water partition coefficient (Wildman–Crippen LogP) is 5.20. The van der Waals surface area contributed by atoms with Gasteiger partial charge >= 0.3 is 6.03 Å². The summed E-state index contributed by atoms with van der Waals surface area (Å²) in [6.45, 7) is 4.03. The molecule has 0 bridgehead atoms. The van der Waals surface area contributed by atoms with Crippen molar-refractivity contribution in [3.8, 4) is 5.75 Å². The Hall–Kier alpha value is -3.90. The van der Waals surface area contributed by atoms with Crippen LogP contribution in [-0.4, -0.2) is 17.8 Å². The van der Waals surface area contributed by atoms with Crippen molar-refractivity contribution in [1.29, 1.82) is 0 Å². The van der Waals surface area contributed by atoms with Crippen LogP contribution < -0.4 is 15.0 Å². The number of hydrogen-bond donors (Lipinski definition) is 1. The van der Waals surface area contributed by atoms with E-state index in [1.54, 1.807) is 42.5 Å². The van der Waals surface area contributed by atoms with Gasteiger partial charge in [-0.25, -0.2) is 9.69 Å². The summed E-state index contributed by atoms with van der Waals surface area (Å²) in [4.78, 5) is 39.1. The zero-order valence-electron chi connectivity index (χ0n) is 18.1. The van der Waals surface area contributed by atoms with Crippen LogP contribution in [0.15, 0.2) is 72.3 Å². The van der Waals surface area contributed by atoms with Crippen LogP contribution in [-0.2, 0) is 16.2 Å². The van der Waals surface area contributed by atoms with E-state index in [1.807, 2.05) is 38.1 Å². The molecule has 7 heteroatoms. The number of aryl methyl sites for hydroxylation is 1. The number of halogens is 1. The van der Waals surface area contributed by atoms with Crippen molar-refractivity contribution in [3.05, 3.63) is 99.6 Å². The molecule has 1 aliphatic heterocycles. The minimum absolute atomic E-state index is 0.137. The summed E-state index contributed by atoms with van der Waals surface area (Å²) in [5, 5.41) is 2.88. The summed E-state index contributed by atoms with van der Waals surface area (Å²) < 4.78 is 5.83. The number of barbiturate groups is 1. The monoisotopic (exact) mass is 460 g/mol. The van der Waals surface area contributed by atoms with Gasteiger partial charge in [-0.05, 0) is 72.5 Å². The Morgan fingerprint density at radius 1 is 0.970 bits per heavy atom. The summed E-state index contributed by atoms with van der Waals surface area (Å²) in [5.41, 5.74) is 3.52. The fraction of sp³-hybridized carbons (Fsp3) is 0.115. The standard InChI is InChI=1S/C26H21ClN2O4/c1-16-6-3-11-23(17(16)2)29-25(31)22(24(30)28-26(29)32)14-18-7-5-10-21(13-18)33-15-19-8-4-9-20(27)12-19/h3-14H,15H2,1-2H3,(H,28,30,32)/b22-14-. The number of benzene rings is 3. The van der Waals surface area contributed by atoms with E-state index in [1.165, 1.54) is 6.08 Å². The van der Waals surface area contributed by atoms with Gasteiger partial charge in [-0.3, -0.25) is 14.9 Å². The van der Waals surface area contributed by atoms with Crippen molar-refractivity contribution in [1.82, 2.24) is 5.32 Å². The number of urea groups is 1. The minimum Gasteiger partial charge on any atom is -0.489 e. The first kappa shape index (κ1) is 22.3. The fourth-order valence-corrected chi connectivity index (χ4v) is 3.72. The largest absolute Gasteiger partial charge is 0.489 e. The number of anilines is 1. The zero-order chi connectivity index (χ0) is 23.5. The Kier molecular flexibility index (Phi) is 6.29. The molecular weight excluding hydrogens is 440 g/mol. The Balaban J connectivity index is 1.60. The van der Waals surface area contributed by atoms with E-state index in [2.05, 4.69) is 5.32 Å². The maximum absolute atomic E-state index is 13.2. The van der Waals surface area contributed by atoms with Crippen LogP contribution in [0.25, 0.3) is 6.08 Å².